The maximum atomic E-state index is 5.51. The molecule has 1 heterocycles. The fourth-order valence-corrected chi connectivity index (χ4v) is 1.76. The van der Waals surface area contributed by atoms with Crippen LogP contribution in [0.5, 0.6) is 5.75 Å². The van der Waals surface area contributed by atoms with E-state index in [1.807, 2.05) is 36.6 Å². The van der Waals surface area contributed by atoms with E-state index in [0.717, 1.165) is 17.0 Å². The number of para-hydroxylation sites is 1. The highest BCUT2D eigenvalue weighted by molar-refractivity contribution is 7.07. The molecule has 0 unspecified atom stereocenters. The lowest BCUT2D eigenvalue weighted by Gasteiger charge is -2.07. The molecule has 0 atom stereocenters. The molecule has 1 aromatic carbocycles. The van der Waals surface area contributed by atoms with E-state index in [2.05, 4.69) is 10.5 Å². The monoisotopic (exact) mass is 204 g/mol. The van der Waals surface area contributed by atoms with Gasteiger partial charge in [-0.3, -0.25) is 0 Å². The molecule has 3 heteroatoms. The Morgan fingerprint density at radius 1 is 1.43 bits per heavy atom. The van der Waals surface area contributed by atoms with Crippen LogP contribution in [-0.4, -0.2) is 11.6 Å². The average molecular weight is 204 g/mol. The van der Waals surface area contributed by atoms with Crippen molar-refractivity contribution in [1.82, 2.24) is 4.98 Å². The summed E-state index contributed by atoms with van der Waals surface area (Å²) in [5.74, 6) is 0.884. The highest BCUT2D eigenvalue weighted by atomic mass is 32.1. The number of hydrogen-bond donors (Lipinski definition) is 0. The van der Waals surface area contributed by atoms with Crippen LogP contribution in [0.4, 0.5) is 0 Å². The molecular formula is C11H10NOS. The Hall–Kier alpha value is -1.35. The molecule has 0 amide bonds. The number of benzene rings is 1. The van der Waals surface area contributed by atoms with Crippen molar-refractivity contribution >= 4 is 11.3 Å². The van der Waals surface area contributed by atoms with Crippen LogP contribution in [0.3, 0.4) is 0 Å². The molecule has 1 radical (unpaired) electrons. The van der Waals surface area contributed by atoms with E-state index in [9.17, 15) is 0 Å². The van der Waals surface area contributed by atoms with Gasteiger partial charge in [0.2, 0.25) is 0 Å². The third kappa shape index (κ3) is 1.77. The first-order valence-electron chi connectivity index (χ1n) is 4.45. The lowest BCUT2D eigenvalue weighted by atomic mass is 10.1. The van der Waals surface area contributed by atoms with Gasteiger partial charge in [-0.05, 0) is 19.1 Å². The molecular weight excluding hydrogens is 194 g/mol. The average Bonchev–Trinajstić information content (AvgIpc) is 2.72. The Morgan fingerprint density at radius 2 is 2.29 bits per heavy atom. The maximum Gasteiger partial charge on any atom is 0.152 e. The smallest absolute Gasteiger partial charge is 0.152 e. The fourth-order valence-electron chi connectivity index (χ4n) is 1.27. The summed E-state index contributed by atoms with van der Waals surface area (Å²) in [6.45, 7) is 2.65. The molecule has 2 nitrogen and oxygen atoms in total. The van der Waals surface area contributed by atoms with Crippen molar-refractivity contribution in [2.75, 3.05) is 6.61 Å². The molecule has 0 aliphatic rings. The second-order valence-electron chi connectivity index (χ2n) is 2.75. The second kappa shape index (κ2) is 4.24. The van der Waals surface area contributed by atoms with Crippen molar-refractivity contribution in [2.24, 2.45) is 0 Å². The zero-order chi connectivity index (χ0) is 9.80. The minimum atomic E-state index is 0.671. The lowest BCUT2D eigenvalue weighted by molar-refractivity contribution is 0.341. The van der Waals surface area contributed by atoms with Crippen LogP contribution in [0.1, 0.15) is 6.92 Å². The van der Waals surface area contributed by atoms with E-state index < -0.39 is 0 Å². The third-order valence-electron chi connectivity index (χ3n) is 1.85. The number of rotatable bonds is 3. The summed E-state index contributed by atoms with van der Waals surface area (Å²) in [5.41, 5.74) is 4.80. The quantitative estimate of drug-likeness (QED) is 0.766. The molecule has 0 N–H and O–H groups in total. The summed E-state index contributed by atoms with van der Waals surface area (Å²) in [5, 5.41) is 1.97. The first-order valence-corrected chi connectivity index (χ1v) is 5.33. The first-order chi connectivity index (χ1) is 6.92. The van der Waals surface area contributed by atoms with E-state index in [-0.39, 0.29) is 0 Å². The Kier molecular flexibility index (Phi) is 2.79. The van der Waals surface area contributed by atoms with E-state index in [0.29, 0.717) is 6.61 Å². The SMILES string of the molecule is CCOc1ccccc1-c1cs[c]n1. The minimum Gasteiger partial charge on any atom is -0.493 e. The molecule has 0 aliphatic carbocycles. The number of aromatic nitrogens is 1. The number of thiazole rings is 1. The predicted octanol–water partition coefficient (Wildman–Crippen LogP) is 3.01. The van der Waals surface area contributed by atoms with Crippen molar-refractivity contribution < 1.29 is 4.74 Å². The lowest BCUT2D eigenvalue weighted by Crippen LogP contribution is -1.93. The summed E-state index contributed by atoms with van der Waals surface area (Å²) in [7, 11) is 0. The van der Waals surface area contributed by atoms with Crippen LogP contribution >= 0.6 is 11.3 Å². The van der Waals surface area contributed by atoms with Gasteiger partial charge in [0, 0.05) is 10.9 Å². The highest BCUT2D eigenvalue weighted by Gasteiger charge is 2.06. The highest BCUT2D eigenvalue weighted by Crippen LogP contribution is 2.28. The molecule has 0 saturated heterocycles. The molecule has 2 rings (SSSR count). The molecule has 0 fully saturated rings. The zero-order valence-electron chi connectivity index (χ0n) is 7.86. The summed E-state index contributed by atoms with van der Waals surface area (Å²) < 4.78 is 5.51. The van der Waals surface area contributed by atoms with Gasteiger partial charge in [0.25, 0.3) is 0 Å². The molecule has 2 aromatic rings. The molecule has 14 heavy (non-hydrogen) atoms. The normalized spacial score (nSPS) is 10.1. The third-order valence-corrected chi connectivity index (χ3v) is 2.39. The van der Waals surface area contributed by atoms with Crippen molar-refractivity contribution in [3.8, 4) is 17.0 Å². The van der Waals surface area contributed by atoms with Crippen molar-refractivity contribution in [3.05, 3.63) is 35.2 Å². The van der Waals surface area contributed by atoms with Gasteiger partial charge >= 0.3 is 0 Å². The molecule has 0 spiro atoms. The molecule has 0 saturated carbocycles. The van der Waals surface area contributed by atoms with Gasteiger partial charge < -0.3 is 4.74 Å². The second-order valence-corrected chi connectivity index (χ2v) is 3.41. The van der Waals surface area contributed by atoms with Crippen LogP contribution < -0.4 is 4.74 Å². The summed E-state index contributed by atoms with van der Waals surface area (Å²) in [4.78, 5) is 4.14. The van der Waals surface area contributed by atoms with Crippen LogP contribution in [-0.2, 0) is 0 Å². The summed E-state index contributed by atoms with van der Waals surface area (Å²) in [6, 6.07) is 7.91. The van der Waals surface area contributed by atoms with Gasteiger partial charge in [-0.2, -0.15) is 0 Å². The summed E-state index contributed by atoms with van der Waals surface area (Å²) >= 11 is 1.47. The maximum absolute atomic E-state index is 5.51. The Bertz CT molecular complexity index is 397. The standard InChI is InChI=1S/C11H10NOS/c1-2-13-11-6-4-3-5-9(11)10-7-14-8-12-10/h3-7H,2H2,1H3. The van der Waals surface area contributed by atoms with Crippen molar-refractivity contribution in [2.45, 2.75) is 6.92 Å². The summed E-state index contributed by atoms with van der Waals surface area (Å²) in [6.07, 6.45) is 0. The molecule has 71 valence electrons. The first kappa shape index (κ1) is 9.21. The topological polar surface area (TPSA) is 22.1 Å². The fraction of sp³-hybridized carbons (Fsp3) is 0.182. The minimum absolute atomic E-state index is 0.671. The predicted molar refractivity (Wildman–Crippen MR) is 57.6 cm³/mol. The molecule has 0 aliphatic heterocycles. The van der Waals surface area contributed by atoms with Gasteiger partial charge in [-0.1, -0.05) is 12.1 Å². The largest absolute Gasteiger partial charge is 0.493 e. The van der Waals surface area contributed by atoms with Crippen LogP contribution in [0.15, 0.2) is 29.6 Å². The Balaban J connectivity index is 2.42. The Labute approximate surface area is 87.2 Å². The van der Waals surface area contributed by atoms with Crippen molar-refractivity contribution in [1.29, 1.82) is 0 Å². The molecule has 1 aromatic heterocycles. The van der Waals surface area contributed by atoms with Crippen LogP contribution in [0.25, 0.3) is 11.3 Å². The van der Waals surface area contributed by atoms with Crippen molar-refractivity contribution in [3.63, 3.8) is 0 Å². The van der Waals surface area contributed by atoms with E-state index in [4.69, 9.17) is 4.74 Å². The van der Waals surface area contributed by atoms with Gasteiger partial charge in [0.15, 0.2) is 5.51 Å². The van der Waals surface area contributed by atoms with Gasteiger partial charge in [0.05, 0.1) is 12.3 Å². The molecule has 0 bridgehead atoms. The van der Waals surface area contributed by atoms with E-state index in [1.54, 1.807) is 0 Å². The van der Waals surface area contributed by atoms with Crippen LogP contribution in [0.2, 0.25) is 0 Å². The van der Waals surface area contributed by atoms with Crippen LogP contribution in [0, 0.1) is 5.51 Å². The van der Waals surface area contributed by atoms with Gasteiger partial charge in [-0.15, -0.1) is 11.3 Å². The number of nitrogens with zero attached hydrogens (tertiary/aromatic N) is 1. The van der Waals surface area contributed by atoms with E-state index >= 15 is 0 Å². The zero-order valence-corrected chi connectivity index (χ0v) is 8.67. The van der Waals surface area contributed by atoms with E-state index in [1.165, 1.54) is 11.3 Å². The Morgan fingerprint density at radius 3 is 3.00 bits per heavy atom. The van der Waals surface area contributed by atoms with Gasteiger partial charge in [-0.25, -0.2) is 4.98 Å². The van der Waals surface area contributed by atoms with Gasteiger partial charge in [0.1, 0.15) is 5.75 Å². The number of ether oxygens (including phenoxy) is 1. The number of hydrogen-bond acceptors (Lipinski definition) is 3.